The molecule has 5 atom stereocenters. The first-order chi connectivity index (χ1) is 23.7. The number of esters is 2. The van der Waals surface area contributed by atoms with Gasteiger partial charge in [-0.15, -0.1) is 0 Å². The number of nitrogens with zero attached hydrogens (tertiary/aromatic N) is 1. The summed E-state index contributed by atoms with van der Waals surface area (Å²) in [5.41, 5.74) is -7.78. The molecule has 2 aliphatic rings. The van der Waals surface area contributed by atoms with Gasteiger partial charge in [-0.1, -0.05) is 60.7 Å². The molecule has 2 bridgehead atoms. The Morgan fingerprint density at radius 3 is 1.90 bits per heavy atom. The summed E-state index contributed by atoms with van der Waals surface area (Å²) in [6.45, 7) is 4.83. The van der Waals surface area contributed by atoms with Crippen molar-refractivity contribution in [3.63, 3.8) is 0 Å². The minimum Gasteiger partial charge on any atom is -0.480 e. The zero-order chi connectivity index (χ0) is 37.6. The molecule has 3 aromatic carbocycles. The van der Waals surface area contributed by atoms with E-state index >= 15 is 0 Å². The second-order valence-electron chi connectivity index (χ2n) is 13.8. The molecular weight excluding hydrogens is 684 g/mol. The van der Waals surface area contributed by atoms with Gasteiger partial charge in [-0.05, 0) is 68.5 Å². The van der Waals surface area contributed by atoms with Gasteiger partial charge in [0.05, 0.1) is 29.9 Å². The number of benzene rings is 3. The van der Waals surface area contributed by atoms with E-state index in [-0.39, 0.29) is 25.5 Å². The van der Waals surface area contributed by atoms with Crippen molar-refractivity contribution in [1.82, 2.24) is 4.90 Å². The lowest BCUT2D eigenvalue weighted by molar-refractivity contribution is -0.180. The molecule has 2 fully saturated rings. The van der Waals surface area contributed by atoms with Gasteiger partial charge in [-0.3, -0.25) is 14.5 Å². The smallest absolute Gasteiger partial charge is 0.416 e. The Labute approximate surface area is 290 Å². The van der Waals surface area contributed by atoms with Gasteiger partial charge in [0, 0.05) is 19.0 Å². The summed E-state index contributed by atoms with van der Waals surface area (Å²) >= 11 is 0. The number of methoxy groups -OCH3 is 1. The van der Waals surface area contributed by atoms with Crippen LogP contribution in [0.4, 0.5) is 26.3 Å². The van der Waals surface area contributed by atoms with Gasteiger partial charge in [0.25, 0.3) is 0 Å². The second-order valence-corrected chi connectivity index (χ2v) is 13.8. The number of carbonyl (C=O) groups excluding carboxylic acids is 2. The van der Waals surface area contributed by atoms with E-state index in [2.05, 4.69) is 0 Å². The third kappa shape index (κ3) is 7.21. The molecule has 0 amide bonds. The number of fused-ring (bicyclic) bond motifs is 2. The number of carbonyl (C=O) groups is 3. The molecule has 14 heteroatoms. The van der Waals surface area contributed by atoms with Crippen LogP contribution in [0.25, 0.3) is 0 Å². The van der Waals surface area contributed by atoms with Crippen molar-refractivity contribution in [3.05, 3.63) is 107 Å². The average Bonchev–Trinajstić information content (AvgIpc) is 3.25. The first-order valence-electron chi connectivity index (χ1n) is 16.1. The highest BCUT2D eigenvalue weighted by molar-refractivity contribution is 6.01. The van der Waals surface area contributed by atoms with E-state index in [9.17, 15) is 45.8 Å². The highest BCUT2D eigenvalue weighted by atomic mass is 19.4. The van der Waals surface area contributed by atoms with Gasteiger partial charge < -0.3 is 19.3 Å². The molecule has 274 valence electrons. The quantitative estimate of drug-likeness (QED) is 0.136. The Morgan fingerprint density at radius 1 is 0.863 bits per heavy atom. The molecule has 0 aliphatic carbocycles. The summed E-state index contributed by atoms with van der Waals surface area (Å²) in [5, 5.41) is 11.0. The molecular formula is C37H37F6NO7. The number of piperidine rings is 1. The van der Waals surface area contributed by atoms with Gasteiger partial charge in [0.2, 0.25) is 0 Å². The Bertz CT molecular complexity index is 1730. The summed E-state index contributed by atoms with van der Waals surface area (Å²) in [4.78, 5) is 42.7. The molecule has 2 saturated heterocycles. The van der Waals surface area contributed by atoms with Crippen LogP contribution >= 0.6 is 0 Å². The highest BCUT2D eigenvalue weighted by Crippen LogP contribution is 2.61. The summed E-state index contributed by atoms with van der Waals surface area (Å²) in [6, 6.07) is 17.0. The second kappa shape index (κ2) is 13.6. The molecule has 3 aromatic rings. The first kappa shape index (κ1) is 37.8. The molecule has 2 aliphatic heterocycles. The third-order valence-corrected chi connectivity index (χ3v) is 9.48. The van der Waals surface area contributed by atoms with Gasteiger partial charge >= 0.3 is 30.3 Å². The number of rotatable bonds is 9. The van der Waals surface area contributed by atoms with Crippen LogP contribution in [0.2, 0.25) is 0 Å². The maximum absolute atomic E-state index is 14.1. The number of carboxylic acid groups (broad SMARTS) is 1. The van der Waals surface area contributed by atoms with Crippen LogP contribution in [-0.4, -0.2) is 52.8 Å². The Morgan fingerprint density at radius 2 is 1.41 bits per heavy atom. The van der Waals surface area contributed by atoms with Crippen LogP contribution in [0.5, 0.6) is 0 Å². The van der Waals surface area contributed by atoms with E-state index < -0.39 is 88.2 Å². The minimum absolute atomic E-state index is 0.0259. The van der Waals surface area contributed by atoms with Crippen molar-refractivity contribution < 1.29 is 60.0 Å². The summed E-state index contributed by atoms with van der Waals surface area (Å²) in [7, 11) is 0.913. The average molecular weight is 722 g/mol. The number of carboxylic acids is 1. The molecule has 5 rings (SSSR count). The fourth-order valence-corrected chi connectivity index (χ4v) is 7.38. The van der Waals surface area contributed by atoms with E-state index in [1.54, 1.807) is 86.3 Å². The summed E-state index contributed by atoms with van der Waals surface area (Å²) in [6.07, 6.45) is -14.3. The third-order valence-electron chi connectivity index (χ3n) is 9.48. The first-order valence-corrected chi connectivity index (χ1v) is 16.1. The number of hydrogen-bond acceptors (Lipinski definition) is 7. The van der Waals surface area contributed by atoms with Gasteiger partial charge in [0.15, 0.2) is 11.5 Å². The van der Waals surface area contributed by atoms with Crippen molar-refractivity contribution in [2.75, 3.05) is 7.11 Å². The Balaban J connectivity index is 1.75. The van der Waals surface area contributed by atoms with Crippen molar-refractivity contribution in [2.24, 2.45) is 5.41 Å². The number of alkyl halides is 6. The Kier molecular flexibility index (Phi) is 10.1. The van der Waals surface area contributed by atoms with Crippen LogP contribution < -0.4 is 0 Å². The predicted molar refractivity (Wildman–Crippen MR) is 170 cm³/mol. The molecule has 0 saturated carbocycles. The monoisotopic (exact) mass is 721 g/mol. The lowest BCUT2D eigenvalue weighted by Gasteiger charge is -2.50. The predicted octanol–water partition coefficient (Wildman–Crippen LogP) is 7.70. The van der Waals surface area contributed by atoms with Gasteiger partial charge in [-0.2, -0.15) is 26.3 Å². The fourth-order valence-electron chi connectivity index (χ4n) is 7.38. The van der Waals surface area contributed by atoms with Crippen molar-refractivity contribution >= 4 is 17.9 Å². The number of halogens is 6. The van der Waals surface area contributed by atoms with E-state index in [1.165, 1.54) is 0 Å². The molecule has 51 heavy (non-hydrogen) atoms. The zero-order valence-corrected chi connectivity index (χ0v) is 28.2. The molecule has 2 heterocycles. The van der Waals surface area contributed by atoms with Crippen LogP contribution in [0.15, 0.2) is 78.9 Å². The van der Waals surface area contributed by atoms with E-state index in [4.69, 9.17) is 14.2 Å². The standard InChI is InChI=1S/C37H37F6NO7/c1-33(2,3)51-32(48)34(31(46)47)21-35(24-13-9-6-10-14-24)28(16-15-27(34)44(35)20-22-11-7-5-8-12-22)50-29(30(45)49-4)23-17-25(36(38,39)40)19-26(18-23)37(41,42)43/h5-14,17-19,27-29H,15-16,20-21H2,1-4H3,(H,46,47)/t27-,28+,29-,34+,35+/m0/s1. The summed E-state index contributed by atoms with van der Waals surface area (Å²) < 4.78 is 101. The zero-order valence-electron chi connectivity index (χ0n) is 28.2. The largest absolute Gasteiger partial charge is 0.480 e. The van der Waals surface area contributed by atoms with E-state index in [0.717, 1.165) is 7.11 Å². The topological polar surface area (TPSA) is 102 Å². The lowest BCUT2D eigenvalue weighted by Crippen LogP contribution is -2.58. The van der Waals surface area contributed by atoms with Crippen molar-refractivity contribution in [2.45, 2.75) is 88.3 Å². The number of hydrogen-bond donors (Lipinski definition) is 1. The maximum Gasteiger partial charge on any atom is 0.416 e. The molecule has 8 nitrogen and oxygen atoms in total. The number of ether oxygens (including phenoxy) is 3. The maximum atomic E-state index is 14.1. The summed E-state index contributed by atoms with van der Waals surface area (Å²) in [5.74, 6) is -3.77. The Hall–Kier alpha value is -4.43. The van der Waals surface area contributed by atoms with Gasteiger partial charge in [0.1, 0.15) is 5.60 Å². The van der Waals surface area contributed by atoms with Crippen molar-refractivity contribution in [3.8, 4) is 0 Å². The molecule has 0 aromatic heterocycles. The molecule has 0 unspecified atom stereocenters. The van der Waals surface area contributed by atoms with Crippen LogP contribution in [0.1, 0.15) is 74.0 Å². The molecule has 0 spiro atoms. The fraction of sp³-hybridized carbons (Fsp3) is 0.432. The van der Waals surface area contributed by atoms with E-state index in [1.807, 2.05) is 0 Å². The van der Waals surface area contributed by atoms with E-state index in [0.29, 0.717) is 23.3 Å². The lowest BCUT2D eigenvalue weighted by atomic mass is 9.74. The molecule has 1 N–H and O–H groups in total. The number of aliphatic carboxylic acids is 1. The van der Waals surface area contributed by atoms with Crippen molar-refractivity contribution in [1.29, 1.82) is 0 Å². The van der Waals surface area contributed by atoms with Crippen LogP contribution in [0.3, 0.4) is 0 Å². The minimum atomic E-state index is -5.22. The highest BCUT2D eigenvalue weighted by Gasteiger charge is 2.72. The van der Waals surface area contributed by atoms with Crippen LogP contribution in [0, 0.1) is 5.41 Å². The molecule has 0 radical (unpaired) electrons. The SMILES string of the molecule is COC(=O)[C@@H](O[C@@H]1CC[C@@H]2N(Cc3ccccc3)[C@@]1(c1ccccc1)C[C@@]2(C(=O)O)C(=O)OC(C)(C)C)c1cc(C(F)(F)F)cc(C(F)(F)F)c1. The normalized spacial score (nSPS) is 24.5. The van der Waals surface area contributed by atoms with Crippen LogP contribution in [-0.2, 0) is 53.0 Å². The van der Waals surface area contributed by atoms with Gasteiger partial charge in [-0.25, -0.2) is 4.79 Å².